The fourth-order valence-electron chi connectivity index (χ4n) is 2.52. The molecule has 0 saturated carbocycles. The zero-order valence-corrected chi connectivity index (χ0v) is 12.9. The smallest absolute Gasteiger partial charge is 0.228 e. The molecule has 20 heavy (non-hydrogen) atoms. The van der Waals surface area contributed by atoms with Gasteiger partial charge in [0.25, 0.3) is 0 Å². The summed E-state index contributed by atoms with van der Waals surface area (Å²) in [6.07, 6.45) is 0.455. The van der Waals surface area contributed by atoms with E-state index in [4.69, 9.17) is 11.6 Å². The number of benzene rings is 1. The molecular formula is C15H15ClN2OS. The maximum Gasteiger partial charge on any atom is 0.228 e. The minimum atomic E-state index is 0.0576. The van der Waals surface area contributed by atoms with Gasteiger partial charge in [0.2, 0.25) is 5.91 Å². The molecule has 3 rings (SSSR count). The molecule has 0 bridgehead atoms. The van der Waals surface area contributed by atoms with Crippen molar-refractivity contribution in [2.75, 3.05) is 12.4 Å². The number of anilines is 1. The van der Waals surface area contributed by atoms with E-state index in [1.54, 1.807) is 11.3 Å². The summed E-state index contributed by atoms with van der Waals surface area (Å²) in [4.78, 5) is 12.5. The van der Waals surface area contributed by atoms with Gasteiger partial charge in [-0.1, -0.05) is 23.7 Å². The van der Waals surface area contributed by atoms with Gasteiger partial charge in [0.15, 0.2) is 0 Å². The number of carbonyl (C=O) groups is 1. The fourth-order valence-corrected chi connectivity index (χ4v) is 3.96. The molecule has 5 heteroatoms. The van der Waals surface area contributed by atoms with Gasteiger partial charge < -0.3 is 10.6 Å². The lowest BCUT2D eigenvalue weighted by atomic mass is 10.0. The lowest BCUT2D eigenvalue weighted by molar-refractivity contribution is -0.115. The van der Waals surface area contributed by atoms with Crippen molar-refractivity contribution in [3.8, 4) is 0 Å². The zero-order valence-electron chi connectivity index (χ0n) is 11.3. The van der Waals surface area contributed by atoms with Crippen LogP contribution < -0.4 is 10.6 Å². The first-order valence-corrected chi connectivity index (χ1v) is 7.69. The molecule has 1 aromatic heterocycles. The number of rotatable bonds is 3. The Hall–Kier alpha value is -1.36. The van der Waals surface area contributed by atoms with Crippen LogP contribution in [0, 0.1) is 6.92 Å². The standard InChI is InChI=1S/C15H15ClN2OS/c1-8-7-20-15(13(8)16)14(17-2)9-3-4-11-10(5-9)6-12(19)18-11/h3-5,7,14,17H,6H2,1-2H3,(H,18,19). The highest BCUT2D eigenvalue weighted by molar-refractivity contribution is 7.10. The highest BCUT2D eigenvalue weighted by Gasteiger charge is 2.22. The SMILES string of the molecule is CNC(c1ccc2c(c1)CC(=O)N2)c1scc(C)c1Cl. The summed E-state index contributed by atoms with van der Waals surface area (Å²) >= 11 is 8.04. The molecule has 3 nitrogen and oxygen atoms in total. The number of hydrogen-bond donors (Lipinski definition) is 2. The largest absolute Gasteiger partial charge is 0.326 e. The monoisotopic (exact) mass is 306 g/mol. The van der Waals surface area contributed by atoms with Crippen molar-refractivity contribution < 1.29 is 4.79 Å². The van der Waals surface area contributed by atoms with Crippen LogP contribution in [0.5, 0.6) is 0 Å². The van der Waals surface area contributed by atoms with Crippen molar-refractivity contribution >= 4 is 34.5 Å². The van der Waals surface area contributed by atoms with Gasteiger partial charge in [0.1, 0.15) is 0 Å². The highest BCUT2D eigenvalue weighted by Crippen LogP contribution is 2.37. The van der Waals surface area contributed by atoms with Gasteiger partial charge >= 0.3 is 0 Å². The zero-order chi connectivity index (χ0) is 14.3. The summed E-state index contributed by atoms with van der Waals surface area (Å²) in [6.45, 7) is 2.01. The van der Waals surface area contributed by atoms with Crippen molar-refractivity contribution in [1.29, 1.82) is 0 Å². The summed E-state index contributed by atoms with van der Waals surface area (Å²) < 4.78 is 0. The molecule has 104 valence electrons. The van der Waals surface area contributed by atoms with Crippen LogP contribution in [0.1, 0.15) is 27.6 Å². The molecular weight excluding hydrogens is 292 g/mol. The number of aryl methyl sites for hydroxylation is 1. The predicted octanol–water partition coefficient (Wildman–Crippen LogP) is 3.51. The van der Waals surface area contributed by atoms with Gasteiger partial charge in [-0.25, -0.2) is 0 Å². The second-order valence-corrected chi connectivity index (χ2v) is 6.25. The number of thiophene rings is 1. The first kappa shape index (κ1) is 13.6. The third-order valence-corrected chi connectivity index (χ3v) is 5.34. The number of fused-ring (bicyclic) bond motifs is 1. The maximum absolute atomic E-state index is 11.4. The van der Waals surface area contributed by atoms with E-state index in [0.717, 1.165) is 32.3 Å². The minimum absolute atomic E-state index is 0.0576. The molecule has 0 spiro atoms. The van der Waals surface area contributed by atoms with E-state index in [1.807, 2.05) is 26.1 Å². The van der Waals surface area contributed by atoms with E-state index in [0.29, 0.717) is 6.42 Å². The average Bonchev–Trinajstić information content (AvgIpc) is 2.95. The predicted molar refractivity (Wildman–Crippen MR) is 83.7 cm³/mol. The molecule has 1 aliphatic rings. The van der Waals surface area contributed by atoms with Crippen LogP contribution in [-0.4, -0.2) is 13.0 Å². The molecule has 0 aliphatic carbocycles. The third-order valence-electron chi connectivity index (χ3n) is 3.56. The molecule has 0 fully saturated rings. The summed E-state index contributed by atoms with van der Waals surface area (Å²) in [5, 5.41) is 9.06. The van der Waals surface area contributed by atoms with Crippen LogP contribution in [0.15, 0.2) is 23.6 Å². The molecule has 1 atom stereocenters. The average molecular weight is 307 g/mol. The topological polar surface area (TPSA) is 41.1 Å². The minimum Gasteiger partial charge on any atom is -0.326 e. The van der Waals surface area contributed by atoms with Gasteiger partial charge in [-0.05, 0) is 42.1 Å². The number of halogens is 1. The van der Waals surface area contributed by atoms with Crippen LogP contribution in [-0.2, 0) is 11.2 Å². The highest BCUT2D eigenvalue weighted by atomic mass is 35.5. The quantitative estimate of drug-likeness (QED) is 0.911. The van der Waals surface area contributed by atoms with Gasteiger partial charge in [0, 0.05) is 10.6 Å². The number of nitrogens with one attached hydrogen (secondary N) is 2. The molecule has 0 radical (unpaired) electrons. The first-order chi connectivity index (χ1) is 9.60. The van der Waals surface area contributed by atoms with Crippen LogP contribution in [0.2, 0.25) is 5.02 Å². The van der Waals surface area contributed by atoms with Crippen molar-refractivity contribution in [3.63, 3.8) is 0 Å². The van der Waals surface area contributed by atoms with Crippen molar-refractivity contribution in [2.24, 2.45) is 0 Å². The number of carbonyl (C=O) groups excluding carboxylic acids is 1. The first-order valence-electron chi connectivity index (χ1n) is 6.43. The van der Waals surface area contributed by atoms with Crippen LogP contribution in [0.4, 0.5) is 5.69 Å². The number of hydrogen-bond acceptors (Lipinski definition) is 3. The Labute approximate surface area is 127 Å². The summed E-state index contributed by atoms with van der Waals surface area (Å²) in [5.74, 6) is 0.0585. The molecule has 2 N–H and O–H groups in total. The molecule has 1 aliphatic heterocycles. The Bertz CT molecular complexity index is 681. The molecule has 0 saturated heterocycles. The lowest BCUT2D eigenvalue weighted by Crippen LogP contribution is -2.17. The van der Waals surface area contributed by atoms with E-state index in [9.17, 15) is 4.79 Å². The molecule has 2 aromatic rings. The van der Waals surface area contributed by atoms with E-state index in [1.165, 1.54) is 0 Å². The molecule has 1 unspecified atom stereocenters. The second-order valence-electron chi connectivity index (χ2n) is 4.96. The van der Waals surface area contributed by atoms with Gasteiger partial charge in [0.05, 0.1) is 17.5 Å². The van der Waals surface area contributed by atoms with E-state index in [-0.39, 0.29) is 11.9 Å². The normalized spacial score (nSPS) is 15.1. The Morgan fingerprint density at radius 2 is 2.25 bits per heavy atom. The molecule has 1 aromatic carbocycles. The summed E-state index contributed by atoms with van der Waals surface area (Å²) in [6, 6.07) is 6.15. The Morgan fingerprint density at radius 3 is 2.90 bits per heavy atom. The van der Waals surface area contributed by atoms with Gasteiger partial charge in [-0.2, -0.15) is 0 Å². The lowest BCUT2D eigenvalue weighted by Gasteiger charge is -2.17. The summed E-state index contributed by atoms with van der Waals surface area (Å²) in [5.41, 5.74) is 4.20. The Balaban J connectivity index is 2.01. The van der Waals surface area contributed by atoms with Crippen molar-refractivity contribution in [1.82, 2.24) is 5.32 Å². The Kier molecular flexibility index (Phi) is 3.54. The Morgan fingerprint density at radius 1 is 1.45 bits per heavy atom. The van der Waals surface area contributed by atoms with E-state index < -0.39 is 0 Å². The summed E-state index contributed by atoms with van der Waals surface area (Å²) in [7, 11) is 1.92. The fraction of sp³-hybridized carbons (Fsp3) is 0.267. The van der Waals surface area contributed by atoms with Gasteiger partial charge in [-0.15, -0.1) is 11.3 Å². The van der Waals surface area contributed by atoms with Crippen molar-refractivity contribution in [3.05, 3.63) is 50.2 Å². The van der Waals surface area contributed by atoms with Crippen LogP contribution in [0.3, 0.4) is 0 Å². The van der Waals surface area contributed by atoms with Crippen molar-refractivity contribution in [2.45, 2.75) is 19.4 Å². The van der Waals surface area contributed by atoms with E-state index in [2.05, 4.69) is 22.1 Å². The van der Waals surface area contributed by atoms with Gasteiger partial charge in [-0.3, -0.25) is 4.79 Å². The van der Waals surface area contributed by atoms with E-state index >= 15 is 0 Å². The second kappa shape index (κ2) is 5.20. The third kappa shape index (κ3) is 2.24. The maximum atomic E-state index is 11.4. The van der Waals surface area contributed by atoms with Crippen LogP contribution >= 0.6 is 22.9 Å². The molecule has 2 heterocycles. The molecule has 1 amide bonds. The number of amides is 1. The van der Waals surface area contributed by atoms with Crippen LogP contribution in [0.25, 0.3) is 0 Å².